The van der Waals surface area contributed by atoms with Gasteiger partial charge in [0.1, 0.15) is 0 Å². The highest BCUT2D eigenvalue weighted by atomic mass is 79.9. The Bertz CT molecular complexity index is 319. The minimum absolute atomic E-state index is 1.21. The van der Waals surface area contributed by atoms with E-state index in [-0.39, 0.29) is 0 Å². The summed E-state index contributed by atoms with van der Waals surface area (Å²) in [6.45, 7) is 2.28. The maximum absolute atomic E-state index is 3.53. The van der Waals surface area contributed by atoms with Gasteiger partial charge < -0.3 is 0 Å². The molecule has 0 bridgehead atoms. The number of aryl methyl sites for hydroxylation is 1. The van der Waals surface area contributed by atoms with E-state index in [1.165, 1.54) is 80.7 Å². The quantitative estimate of drug-likeness (QED) is 0.388. The molecule has 0 aliphatic carbocycles. The molecule has 0 saturated carbocycles. The van der Waals surface area contributed by atoms with Crippen molar-refractivity contribution in [3.8, 4) is 0 Å². The minimum Gasteiger partial charge on any atom is -0.0654 e. The molecular weight excluding hydrogens is 296 g/mol. The van der Waals surface area contributed by atoms with Crippen molar-refractivity contribution in [3.63, 3.8) is 0 Å². The van der Waals surface area contributed by atoms with Gasteiger partial charge >= 0.3 is 0 Å². The predicted octanol–water partition coefficient (Wildman–Crippen LogP) is 6.91. The van der Waals surface area contributed by atoms with Crippen LogP contribution in [0.1, 0.15) is 76.7 Å². The topological polar surface area (TPSA) is 0 Å². The lowest BCUT2D eigenvalue weighted by atomic mass is 10.0. The van der Waals surface area contributed by atoms with E-state index < -0.39 is 0 Å². The monoisotopic (exact) mass is 324 g/mol. The largest absolute Gasteiger partial charge is 0.0654 e. The highest BCUT2D eigenvalue weighted by molar-refractivity contribution is 9.10. The fraction of sp³-hybridized carbons (Fsp3) is 0.667. The van der Waals surface area contributed by atoms with Crippen molar-refractivity contribution >= 4 is 15.9 Å². The number of benzene rings is 1. The fourth-order valence-corrected chi connectivity index (χ4v) is 2.96. The van der Waals surface area contributed by atoms with Gasteiger partial charge in [0.05, 0.1) is 0 Å². The summed E-state index contributed by atoms with van der Waals surface area (Å²) in [5, 5.41) is 0. The number of hydrogen-bond acceptors (Lipinski definition) is 0. The molecule has 0 saturated heterocycles. The summed E-state index contributed by atoms with van der Waals surface area (Å²) in [6.07, 6.45) is 15.4. The Labute approximate surface area is 128 Å². The Morgan fingerprint density at radius 3 is 1.95 bits per heavy atom. The first-order chi connectivity index (χ1) is 9.33. The number of hydrogen-bond donors (Lipinski definition) is 0. The first kappa shape index (κ1) is 16.8. The summed E-state index contributed by atoms with van der Waals surface area (Å²) >= 11 is 3.53. The standard InChI is InChI=1S/C18H29Br/c1-2-3-4-5-6-7-8-9-10-11-13-17-14-12-15-18(19)16-17/h12,14-16H,2-11,13H2,1H3. The molecule has 0 spiro atoms. The van der Waals surface area contributed by atoms with E-state index in [0.29, 0.717) is 0 Å². The first-order valence-electron chi connectivity index (χ1n) is 8.07. The molecule has 0 heterocycles. The molecule has 0 nitrogen and oxygen atoms in total. The van der Waals surface area contributed by atoms with Crippen LogP contribution in [-0.2, 0) is 6.42 Å². The van der Waals surface area contributed by atoms with Crippen LogP contribution in [0.15, 0.2) is 28.7 Å². The normalized spacial score (nSPS) is 10.8. The van der Waals surface area contributed by atoms with E-state index in [4.69, 9.17) is 0 Å². The van der Waals surface area contributed by atoms with Gasteiger partial charge in [-0.15, -0.1) is 0 Å². The molecule has 0 unspecified atom stereocenters. The van der Waals surface area contributed by atoms with Crippen LogP contribution in [0.2, 0.25) is 0 Å². The Kier molecular flexibility index (Phi) is 10.2. The van der Waals surface area contributed by atoms with Crippen LogP contribution in [0.5, 0.6) is 0 Å². The molecule has 0 atom stereocenters. The zero-order valence-electron chi connectivity index (χ0n) is 12.5. The van der Waals surface area contributed by atoms with Crippen LogP contribution < -0.4 is 0 Å². The van der Waals surface area contributed by atoms with Crippen LogP contribution in [0.25, 0.3) is 0 Å². The van der Waals surface area contributed by atoms with E-state index in [2.05, 4.69) is 47.1 Å². The molecule has 108 valence electrons. The average Bonchev–Trinajstić information content (AvgIpc) is 2.41. The summed E-state index contributed by atoms with van der Waals surface area (Å²) in [4.78, 5) is 0. The van der Waals surface area contributed by atoms with Gasteiger partial charge in [0.2, 0.25) is 0 Å². The molecule has 0 radical (unpaired) electrons. The SMILES string of the molecule is CCCCCCCCCCCCc1cccc(Br)c1. The molecule has 1 aromatic carbocycles. The Morgan fingerprint density at radius 2 is 1.37 bits per heavy atom. The van der Waals surface area contributed by atoms with E-state index in [1.807, 2.05) is 0 Å². The summed E-state index contributed by atoms with van der Waals surface area (Å²) in [5.74, 6) is 0. The van der Waals surface area contributed by atoms with Gasteiger partial charge in [-0.05, 0) is 30.5 Å². The van der Waals surface area contributed by atoms with E-state index >= 15 is 0 Å². The molecular formula is C18H29Br. The molecule has 0 N–H and O–H groups in total. The van der Waals surface area contributed by atoms with Crippen molar-refractivity contribution in [1.82, 2.24) is 0 Å². The maximum Gasteiger partial charge on any atom is 0.0177 e. The van der Waals surface area contributed by atoms with Gasteiger partial charge in [-0.3, -0.25) is 0 Å². The lowest BCUT2D eigenvalue weighted by Crippen LogP contribution is -1.86. The zero-order chi connectivity index (χ0) is 13.8. The summed E-state index contributed by atoms with van der Waals surface area (Å²) in [7, 11) is 0. The highest BCUT2D eigenvalue weighted by Gasteiger charge is 1.95. The Morgan fingerprint density at radius 1 is 0.789 bits per heavy atom. The van der Waals surface area contributed by atoms with Crippen LogP contribution in [0.4, 0.5) is 0 Å². The van der Waals surface area contributed by atoms with Gasteiger partial charge in [0, 0.05) is 4.47 Å². The second-order valence-electron chi connectivity index (χ2n) is 5.56. The second-order valence-corrected chi connectivity index (χ2v) is 6.48. The van der Waals surface area contributed by atoms with Gasteiger partial charge in [-0.2, -0.15) is 0 Å². The van der Waals surface area contributed by atoms with Gasteiger partial charge in [-0.25, -0.2) is 0 Å². The van der Waals surface area contributed by atoms with Gasteiger partial charge in [0.15, 0.2) is 0 Å². The molecule has 19 heavy (non-hydrogen) atoms. The van der Waals surface area contributed by atoms with Crippen molar-refractivity contribution in [2.24, 2.45) is 0 Å². The van der Waals surface area contributed by atoms with Crippen LogP contribution in [-0.4, -0.2) is 0 Å². The third-order valence-corrected chi connectivity index (χ3v) is 4.20. The van der Waals surface area contributed by atoms with Crippen LogP contribution in [0.3, 0.4) is 0 Å². The minimum atomic E-state index is 1.21. The van der Waals surface area contributed by atoms with Crippen molar-refractivity contribution in [1.29, 1.82) is 0 Å². The average molecular weight is 325 g/mol. The second kappa shape index (κ2) is 11.5. The van der Waals surface area contributed by atoms with Crippen molar-refractivity contribution in [2.75, 3.05) is 0 Å². The molecule has 0 aromatic heterocycles. The van der Waals surface area contributed by atoms with E-state index in [9.17, 15) is 0 Å². The zero-order valence-corrected chi connectivity index (χ0v) is 14.1. The third kappa shape index (κ3) is 9.27. The predicted molar refractivity (Wildman–Crippen MR) is 89.7 cm³/mol. The Balaban J connectivity index is 1.89. The van der Waals surface area contributed by atoms with Gasteiger partial charge in [-0.1, -0.05) is 92.8 Å². The van der Waals surface area contributed by atoms with Crippen molar-refractivity contribution in [2.45, 2.75) is 77.6 Å². The van der Waals surface area contributed by atoms with E-state index in [0.717, 1.165) is 0 Å². The van der Waals surface area contributed by atoms with E-state index in [1.54, 1.807) is 0 Å². The van der Waals surface area contributed by atoms with Crippen LogP contribution >= 0.6 is 15.9 Å². The molecule has 1 rings (SSSR count). The lowest BCUT2D eigenvalue weighted by Gasteiger charge is -2.03. The summed E-state index contributed by atoms with van der Waals surface area (Å²) in [6, 6.07) is 8.71. The molecule has 0 amide bonds. The van der Waals surface area contributed by atoms with Crippen LogP contribution in [0, 0.1) is 0 Å². The molecule has 0 fully saturated rings. The highest BCUT2D eigenvalue weighted by Crippen LogP contribution is 2.15. The third-order valence-electron chi connectivity index (χ3n) is 3.71. The molecule has 1 heteroatoms. The molecule has 1 aromatic rings. The number of halogens is 1. The molecule has 0 aliphatic heterocycles. The lowest BCUT2D eigenvalue weighted by molar-refractivity contribution is 0.556. The smallest absolute Gasteiger partial charge is 0.0177 e. The Hall–Kier alpha value is -0.300. The van der Waals surface area contributed by atoms with Crippen molar-refractivity contribution < 1.29 is 0 Å². The summed E-state index contributed by atoms with van der Waals surface area (Å²) in [5.41, 5.74) is 1.47. The number of unbranched alkanes of at least 4 members (excludes halogenated alkanes) is 9. The summed E-state index contributed by atoms with van der Waals surface area (Å²) < 4.78 is 1.21. The number of rotatable bonds is 11. The first-order valence-corrected chi connectivity index (χ1v) is 8.86. The van der Waals surface area contributed by atoms with Gasteiger partial charge in [0.25, 0.3) is 0 Å². The van der Waals surface area contributed by atoms with Crippen molar-refractivity contribution in [3.05, 3.63) is 34.3 Å². The fourth-order valence-electron chi connectivity index (χ4n) is 2.51. The molecule has 0 aliphatic rings. The maximum atomic E-state index is 3.53.